The maximum atomic E-state index is 14.1. The third-order valence-corrected chi connectivity index (χ3v) is 7.09. The average molecular weight is 491 g/mol. The molecular formula is C30H32F2N2O2. The SMILES string of the molecule is COc1cc(C2=C(c3ccc(O[C@H]4CCN(CCCF)C4)cc3)c3ccc(F)cc3CCC2)ccn1. The molecule has 1 aromatic heterocycles. The van der Waals surface area contributed by atoms with E-state index in [-0.39, 0.29) is 18.6 Å². The Balaban J connectivity index is 1.47. The Kier molecular flexibility index (Phi) is 7.61. The lowest BCUT2D eigenvalue weighted by molar-refractivity contribution is 0.198. The molecule has 4 nitrogen and oxygen atoms in total. The number of benzene rings is 2. The fraction of sp³-hybridized carbons (Fsp3) is 0.367. The molecule has 3 aromatic rings. The molecule has 0 amide bonds. The summed E-state index contributed by atoms with van der Waals surface area (Å²) in [6.45, 7) is 2.29. The number of likely N-dealkylation sites (tertiary alicyclic amines) is 1. The van der Waals surface area contributed by atoms with Gasteiger partial charge in [-0.25, -0.2) is 9.37 Å². The molecule has 1 aliphatic heterocycles. The second-order valence-electron chi connectivity index (χ2n) is 9.49. The zero-order chi connectivity index (χ0) is 24.9. The van der Waals surface area contributed by atoms with Gasteiger partial charge in [-0.1, -0.05) is 18.2 Å². The van der Waals surface area contributed by atoms with E-state index in [0.717, 1.165) is 78.9 Å². The average Bonchev–Trinajstić information content (AvgIpc) is 3.26. The van der Waals surface area contributed by atoms with Crippen LogP contribution < -0.4 is 9.47 Å². The number of aromatic nitrogens is 1. The van der Waals surface area contributed by atoms with Gasteiger partial charge in [-0.15, -0.1) is 0 Å². The van der Waals surface area contributed by atoms with E-state index in [1.54, 1.807) is 25.4 Å². The highest BCUT2D eigenvalue weighted by atomic mass is 19.1. The lowest BCUT2D eigenvalue weighted by Crippen LogP contribution is -2.26. The molecule has 5 rings (SSSR count). The summed E-state index contributed by atoms with van der Waals surface area (Å²) in [6, 6.07) is 17.3. The zero-order valence-corrected chi connectivity index (χ0v) is 20.7. The first kappa shape index (κ1) is 24.4. The molecule has 0 saturated carbocycles. The topological polar surface area (TPSA) is 34.6 Å². The van der Waals surface area contributed by atoms with E-state index in [2.05, 4.69) is 22.0 Å². The van der Waals surface area contributed by atoms with E-state index in [0.29, 0.717) is 12.3 Å². The van der Waals surface area contributed by atoms with Gasteiger partial charge in [0, 0.05) is 31.9 Å². The van der Waals surface area contributed by atoms with Crippen molar-refractivity contribution < 1.29 is 18.3 Å². The van der Waals surface area contributed by atoms with Crippen molar-refractivity contribution in [2.24, 2.45) is 0 Å². The van der Waals surface area contributed by atoms with E-state index in [1.807, 2.05) is 30.3 Å². The first-order valence-electron chi connectivity index (χ1n) is 12.7. The van der Waals surface area contributed by atoms with Gasteiger partial charge in [0.05, 0.1) is 13.8 Å². The lowest BCUT2D eigenvalue weighted by Gasteiger charge is -2.18. The van der Waals surface area contributed by atoms with Crippen LogP contribution in [0.2, 0.25) is 0 Å². The molecule has 2 heterocycles. The second kappa shape index (κ2) is 11.2. The highest BCUT2D eigenvalue weighted by molar-refractivity contribution is 6.00. The summed E-state index contributed by atoms with van der Waals surface area (Å²) in [6.07, 6.45) is 6.04. The van der Waals surface area contributed by atoms with Crippen LogP contribution in [-0.4, -0.2) is 49.4 Å². The van der Waals surface area contributed by atoms with Crippen molar-refractivity contribution >= 4 is 11.1 Å². The fourth-order valence-corrected chi connectivity index (χ4v) is 5.36. The highest BCUT2D eigenvalue weighted by Gasteiger charge is 2.24. The molecule has 1 atom stereocenters. The van der Waals surface area contributed by atoms with Crippen molar-refractivity contribution in [3.05, 3.63) is 88.9 Å². The van der Waals surface area contributed by atoms with Gasteiger partial charge in [-0.3, -0.25) is 9.29 Å². The number of fused-ring (bicyclic) bond motifs is 1. The molecule has 0 spiro atoms. The molecule has 1 fully saturated rings. The van der Waals surface area contributed by atoms with Crippen LogP contribution in [0.25, 0.3) is 11.1 Å². The van der Waals surface area contributed by atoms with Gasteiger partial charge in [0.2, 0.25) is 5.88 Å². The van der Waals surface area contributed by atoms with Crippen LogP contribution in [0.15, 0.2) is 60.8 Å². The summed E-state index contributed by atoms with van der Waals surface area (Å²) < 4.78 is 38.3. The van der Waals surface area contributed by atoms with Crippen LogP contribution in [0.3, 0.4) is 0 Å². The minimum Gasteiger partial charge on any atom is -0.489 e. The van der Waals surface area contributed by atoms with Crippen LogP contribution in [0, 0.1) is 5.82 Å². The highest BCUT2D eigenvalue weighted by Crippen LogP contribution is 2.40. The molecule has 6 heteroatoms. The lowest BCUT2D eigenvalue weighted by atomic mass is 9.88. The molecular weight excluding hydrogens is 458 g/mol. The number of ether oxygens (including phenoxy) is 2. The van der Waals surface area contributed by atoms with Crippen LogP contribution >= 0.6 is 0 Å². The van der Waals surface area contributed by atoms with E-state index < -0.39 is 0 Å². The number of rotatable bonds is 8. The molecule has 2 aliphatic rings. The smallest absolute Gasteiger partial charge is 0.213 e. The summed E-state index contributed by atoms with van der Waals surface area (Å²) in [5.41, 5.74) is 6.54. The van der Waals surface area contributed by atoms with Crippen molar-refractivity contribution in [1.82, 2.24) is 9.88 Å². The molecule has 188 valence electrons. The number of pyridine rings is 1. The number of methoxy groups -OCH3 is 1. The minimum atomic E-state index is -0.274. The van der Waals surface area contributed by atoms with Crippen LogP contribution in [0.4, 0.5) is 8.78 Å². The Bertz CT molecular complexity index is 1230. The normalized spacial score (nSPS) is 18.1. The van der Waals surface area contributed by atoms with Gasteiger partial charge in [0.25, 0.3) is 0 Å². The Hall–Kier alpha value is -3.25. The first-order chi connectivity index (χ1) is 17.6. The maximum absolute atomic E-state index is 14.1. The van der Waals surface area contributed by atoms with Gasteiger partial charge < -0.3 is 9.47 Å². The Morgan fingerprint density at radius 1 is 1.03 bits per heavy atom. The molecule has 1 aliphatic carbocycles. The summed E-state index contributed by atoms with van der Waals surface area (Å²) >= 11 is 0. The Morgan fingerprint density at radius 3 is 2.69 bits per heavy atom. The van der Waals surface area contributed by atoms with Crippen molar-refractivity contribution in [3.63, 3.8) is 0 Å². The second-order valence-corrected chi connectivity index (χ2v) is 9.49. The van der Waals surface area contributed by atoms with Gasteiger partial charge in [0.1, 0.15) is 17.7 Å². The monoisotopic (exact) mass is 490 g/mol. The molecule has 0 N–H and O–H groups in total. The van der Waals surface area contributed by atoms with Crippen LogP contribution in [0.1, 0.15) is 47.9 Å². The van der Waals surface area contributed by atoms with E-state index in [9.17, 15) is 8.78 Å². The van der Waals surface area contributed by atoms with Crippen molar-refractivity contribution in [2.45, 2.75) is 38.2 Å². The van der Waals surface area contributed by atoms with E-state index in [4.69, 9.17) is 9.47 Å². The number of halogens is 2. The molecule has 0 unspecified atom stereocenters. The molecule has 36 heavy (non-hydrogen) atoms. The molecule has 2 aromatic carbocycles. The maximum Gasteiger partial charge on any atom is 0.213 e. The number of aryl methyl sites for hydroxylation is 1. The molecule has 0 radical (unpaired) electrons. The standard InChI is InChI=1S/C30H32F2N2O2/c1-35-29-19-23(12-15-33-29)27-5-2-4-22-18-24(32)8-11-28(22)30(27)21-6-9-25(10-7-21)36-26-13-17-34(20-26)16-3-14-31/h6-12,15,18-19,26H,2-5,13-14,16-17,20H2,1H3/t26-/m0/s1. The number of allylic oxidation sites excluding steroid dienone is 1. The summed E-state index contributed by atoms with van der Waals surface area (Å²) in [4.78, 5) is 6.54. The van der Waals surface area contributed by atoms with Gasteiger partial charge >= 0.3 is 0 Å². The summed E-state index contributed by atoms with van der Waals surface area (Å²) in [5, 5.41) is 0. The third kappa shape index (κ3) is 5.44. The van der Waals surface area contributed by atoms with Gasteiger partial charge in [-0.05, 0) is 95.8 Å². The fourth-order valence-electron chi connectivity index (χ4n) is 5.36. The van der Waals surface area contributed by atoms with Crippen molar-refractivity contribution in [1.29, 1.82) is 0 Å². The predicted molar refractivity (Wildman–Crippen MR) is 139 cm³/mol. The number of alkyl halides is 1. The van der Waals surface area contributed by atoms with Crippen molar-refractivity contribution in [2.75, 3.05) is 33.4 Å². The quantitative estimate of drug-likeness (QED) is 0.369. The predicted octanol–water partition coefficient (Wildman–Crippen LogP) is 6.34. The summed E-state index contributed by atoms with van der Waals surface area (Å²) in [5.74, 6) is 1.20. The molecule has 0 bridgehead atoms. The zero-order valence-electron chi connectivity index (χ0n) is 20.7. The largest absolute Gasteiger partial charge is 0.489 e. The first-order valence-corrected chi connectivity index (χ1v) is 12.7. The van der Waals surface area contributed by atoms with Crippen LogP contribution in [0.5, 0.6) is 11.6 Å². The van der Waals surface area contributed by atoms with E-state index >= 15 is 0 Å². The van der Waals surface area contributed by atoms with Gasteiger partial charge in [0.15, 0.2) is 0 Å². The minimum absolute atomic E-state index is 0.121. The molecule has 1 saturated heterocycles. The Labute approximate surface area is 211 Å². The van der Waals surface area contributed by atoms with Gasteiger partial charge in [-0.2, -0.15) is 0 Å². The number of nitrogens with zero attached hydrogens (tertiary/aromatic N) is 2. The van der Waals surface area contributed by atoms with E-state index in [1.165, 1.54) is 5.57 Å². The summed E-state index contributed by atoms with van der Waals surface area (Å²) in [7, 11) is 1.62. The third-order valence-electron chi connectivity index (χ3n) is 7.09. The van der Waals surface area contributed by atoms with Crippen molar-refractivity contribution in [3.8, 4) is 11.6 Å². The number of hydrogen-bond donors (Lipinski definition) is 0. The Morgan fingerprint density at radius 2 is 1.89 bits per heavy atom. The number of hydrogen-bond acceptors (Lipinski definition) is 4. The van der Waals surface area contributed by atoms with Crippen LogP contribution in [-0.2, 0) is 6.42 Å².